The Hall–Kier alpha value is -1.63. The summed E-state index contributed by atoms with van der Waals surface area (Å²) in [6, 6.07) is 0.201. The Morgan fingerprint density at radius 2 is 2.10 bits per heavy atom. The molecule has 1 amide bonds. The predicted molar refractivity (Wildman–Crippen MR) is 79.3 cm³/mol. The molecule has 0 aliphatic heterocycles. The number of rotatable bonds is 5. The van der Waals surface area contributed by atoms with Crippen LogP contribution in [-0.2, 0) is 20.9 Å². The zero-order valence-electron chi connectivity index (χ0n) is 12.1. The number of hydrogen-bond donors (Lipinski definition) is 1. The van der Waals surface area contributed by atoms with Crippen LogP contribution >= 0.6 is 11.3 Å². The lowest BCUT2D eigenvalue weighted by atomic mass is 9.95. The maximum absolute atomic E-state index is 11.7. The average molecular weight is 312 g/mol. The lowest BCUT2D eigenvalue weighted by molar-refractivity contribution is -0.149. The van der Waals surface area contributed by atoms with Gasteiger partial charge in [-0.1, -0.05) is 30.6 Å². The van der Waals surface area contributed by atoms with Gasteiger partial charge in [0.05, 0.1) is 0 Å². The zero-order valence-corrected chi connectivity index (χ0v) is 12.9. The minimum Gasteiger partial charge on any atom is -0.454 e. The summed E-state index contributed by atoms with van der Waals surface area (Å²) >= 11 is 1.04. The molecule has 0 radical (unpaired) electrons. The highest BCUT2D eigenvalue weighted by Crippen LogP contribution is 2.17. The van der Waals surface area contributed by atoms with Crippen LogP contribution in [-0.4, -0.2) is 29.1 Å². The number of carbonyl (C=O) groups excluding carboxylic acids is 2. The molecule has 1 aliphatic rings. The predicted octanol–water partition coefficient (Wildman–Crippen LogP) is 1.21. The second-order valence-corrected chi connectivity index (χ2v) is 6.11. The number of esters is 1. The highest BCUT2D eigenvalue weighted by atomic mass is 32.1. The van der Waals surface area contributed by atoms with Gasteiger partial charge in [0.1, 0.15) is 6.54 Å². The first-order valence-electron chi connectivity index (χ1n) is 7.16. The number of thiazole rings is 1. The summed E-state index contributed by atoms with van der Waals surface area (Å²) in [6.45, 7) is 1.32. The number of aryl methyl sites for hydroxylation is 1. The van der Waals surface area contributed by atoms with Gasteiger partial charge in [-0.25, -0.2) is 0 Å². The van der Waals surface area contributed by atoms with Crippen molar-refractivity contribution in [2.75, 3.05) is 6.61 Å². The summed E-state index contributed by atoms with van der Waals surface area (Å²) in [6.07, 6.45) is 5.46. The van der Waals surface area contributed by atoms with E-state index in [4.69, 9.17) is 4.74 Å². The van der Waals surface area contributed by atoms with Gasteiger partial charge in [-0.2, -0.15) is 0 Å². The van der Waals surface area contributed by atoms with E-state index in [0.29, 0.717) is 5.69 Å². The molecular weight excluding hydrogens is 292 g/mol. The van der Waals surface area contributed by atoms with Crippen molar-refractivity contribution >= 4 is 23.2 Å². The molecule has 1 aliphatic carbocycles. The van der Waals surface area contributed by atoms with Gasteiger partial charge in [0.25, 0.3) is 5.91 Å². The molecule has 21 heavy (non-hydrogen) atoms. The Balaban J connectivity index is 1.73. The Labute approximate surface area is 127 Å². The summed E-state index contributed by atoms with van der Waals surface area (Å²) in [5, 5.41) is 4.56. The van der Waals surface area contributed by atoms with Gasteiger partial charge in [-0.05, 0) is 19.8 Å². The van der Waals surface area contributed by atoms with E-state index in [-0.39, 0.29) is 30.0 Å². The van der Waals surface area contributed by atoms with Crippen LogP contribution in [0.15, 0.2) is 10.2 Å². The summed E-state index contributed by atoms with van der Waals surface area (Å²) in [7, 11) is 0. The van der Waals surface area contributed by atoms with E-state index in [9.17, 15) is 14.4 Å². The first kappa shape index (κ1) is 15.8. The number of amides is 1. The number of hydrogen-bond acceptors (Lipinski definition) is 5. The van der Waals surface area contributed by atoms with E-state index < -0.39 is 5.97 Å². The third-order valence-corrected chi connectivity index (χ3v) is 4.48. The Kier molecular flexibility index (Phi) is 5.55. The number of carbonyl (C=O) groups is 2. The number of ether oxygens (including phenoxy) is 1. The van der Waals surface area contributed by atoms with E-state index in [0.717, 1.165) is 37.0 Å². The van der Waals surface area contributed by atoms with Gasteiger partial charge in [-0.15, -0.1) is 0 Å². The van der Waals surface area contributed by atoms with Gasteiger partial charge in [0, 0.05) is 17.1 Å². The summed E-state index contributed by atoms with van der Waals surface area (Å²) < 4.78 is 6.26. The van der Waals surface area contributed by atoms with Crippen molar-refractivity contribution in [3.05, 3.63) is 20.7 Å². The Morgan fingerprint density at radius 1 is 1.38 bits per heavy atom. The van der Waals surface area contributed by atoms with E-state index in [1.807, 2.05) is 0 Å². The van der Waals surface area contributed by atoms with Crippen LogP contribution in [0.25, 0.3) is 0 Å². The molecule has 1 aromatic rings. The second kappa shape index (κ2) is 7.40. The molecule has 0 spiro atoms. The molecule has 1 heterocycles. The second-order valence-electron chi connectivity index (χ2n) is 5.29. The van der Waals surface area contributed by atoms with Crippen molar-refractivity contribution in [2.45, 2.75) is 51.6 Å². The smallest absolute Gasteiger partial charge is 0.326 e. The highest BCUT2D eigenvalue weighted by molar-refractivity contribution is 7.07. The first-order valence-corrected chi connectivity index (χ1v) is 8.04. The average Bonchev–Trinajstić information content (AvgIpc) is 2.78. The number of nitrogens with one attached hydrogen (secondary N) is 1. The van der Waals surface area contributed by atoms with Crippen LogP contribution in [0.3, 0.4) is 0 Å². The van der Waals surface area contributed by atoms with Crippen molar-refractivity contribution in [3.8, 4) is 0 Å². The molecule has 7 heteroatoms. The Morgan fingerprint density at radius 3 is 2.71 bits per heavy atom. The molecule has 0 atom stereocenters. The number of aromatic nitrogens is 1. The molecule has 0 saturated heterocycles. The highest BCUT2D eigenvalue weighted by Gasteiger charge is 2.17. The quantitative estimate of drug-likeness (QED) is 0.829. The largest absolute Gasteiger partial charge is 0.454 e. The van der Waals surface area contributed by atoms with E-state index in [2.05, 4.69) is 5.32 Å². The third-order valence-electron chi connectivity index (χ3n) is 3.60. The molecule has 1 aromatic heterocycles. The Bertz CT molecular complexity index is 558. The monoisotopic (exact) mass is 312 g/mol. The van der Waals surface area contributed by atoms with Gasteiger partial charge in [-0.3, -0.25) is 19.0 Å². The van der Waals surface area contributed by atoms with Crippen LogP contribution in [0, 0.1) is 6.92 Å². The van der Waals surface area contributed by atoms with Crippen LogP contribution in [0.4, 0.5) is 0 Å². The molecular formula is C14H20N2O4S. The summed E-state index contributed by atoms with van der Waals surface area (Å²) in [5.41, 5.74) is 0.716. The minimum atomic E-state index is -0.572. The standard InChI is InChI=1S/C14H20N2O4S/c1-10-9-21-14(19)16(10)7-13(18)20-8-12(17)15-11-5-3-2-4-6-11/h9,11H,2-8H2,1H3,(H,15,17). The zero-order chi connectivity index (χ0) is 15.2. The van der Waals surface area contributed by atoms with Crippen LogP contribution in [0.5, 0.6) is 0 Å². The van der Waals surface area contributed by atoms with E-state index >= 15 is 0 Å². The van der Waals surface area contributed by atoms with Crippen molar-refractivity contribution in [3.63, 3.8) is 0 Å². The first-order chi connectivity index (χ1) is 10.1. The third kappa shape index (κ3) is 4.70. The molecule has 0 bridgehead atoms. The van der Waals surface area contributed by atoms with Gasteiger partial charge >= 0.3 is 10.8 Å². The van der Waals surface area contributed by atoms with Crippen molar-refractivity contribution in [1.29, 1.82) is 0 Å². The van der Waals surface area contributed by atoms with Gasteiger partial charge in [0.15, 0.2) is 6.61 Å². The van der Waals surface area contributed by atoms with Gasteiger partial charge in [0.2, 0.25) is 0 Å². The lowest BCUT2D eigenvalue weighted by Gasteiger charge is -2.22. The maximum atomic E-state index is 11.7. The van der Waals surface area contributed by atoms with E-state index in [1.54, 1.807) is 12.3 Å². The molecule has 1 saturated carbocycles. The molecule has 2 rings (SSSR count). The van der Waals surface area contributed by atoms with Crippen LogP contribution in [0.2, 0.25) is 0 Å². The normalized spacial score (nSPS) is 15.7. The fourth-order valence-electron chi connectivity index (χ4n) is 2.43. The topological polar surface area (TPSA) is 77.4 Å². The van der Waals surface area contributed by atoms with Crippen molar-refractivity contribution < 1.29 is 14.3 Å². The van der Waals surface area contributed by atoms with Gasteiger partial charge < -0.3 is 10.1 Å². The van der Waals surface area contributed by atoms with Crippen LogP contribution < -0.4 is 10.2 Å². The fourth-order valence-corrected chi connectivity index (χ4v) is 3.17. The minimum absolute atomic E-state index is 0.148. The molecule has 0 unspecified atom stereocenters. The SMILES string of the molecule is Cc1csc(=O)n1CC(=O)OCC(=O)NC1CCCCC1. The van der Waals surface area contributed by atoms with Crippen molar-refractivity contribution in [2.24, 2.45) is 0 Å². The summed E-state index contributed by atoms with van der Waals surface area (Å²) in [5.74, 6) is -0.845. The molecule has 116 valence electrons. The molecule has 1 N–H and O–H groups in total. The maximum Gasteiger partial charge on any atom is 0.326 e. The van der Waals surface area contributed by atoms with Crippen LogP contribution in [0.1, 0.15) is 37.8 Å². The van der Waals surface area contributed by atoms with E-state index in [1.165, 1.54) is 11.0 Å². The lowest BCUT2D eigenvalue weighted by Crippen LogP contribution is -2.39. The summed E-state index contributed by atoms with van der Waals surface area (Å²) in [4.78, 5) is 34.6. The molecule has 1 fully saturated rings. The van der Waals surface area contributed by atoms with Crippen molar-refractivity contribution in [1.82, 2.24) is 9.88 Å². The number of nitrogens with zero attached hydrogens (tertiary/aromatic N) is 1. The fraction of sp³-hybridized carbons (Fsp3) is 0.643. The molecule has 6 nitrogen and oxygen atoms in total. The molecule has 0 aromatic carbocycles.